The molecule has 1 aliphatic heterocycles. The molecule has 0 bridgehead atoms. The predicted molar refractivity (Wildman–Crippen MR) is 59.4 cm³/mol. The van der Waals surface area contributed by atoms with E-state index in [1.54, 1.807) is 6.26 Å². The maximum Gasteiger partial charge on any atom is 0.199 e. The molecular weight excluding hydrogens is 188 g/mol. The first-order valence-corrected chi connectivity index (χ1v) is 5.39. The van der Waals surface area contributed by atoms with Crippen LogP contribution in [0.4, 0.5) is 0 Å². The quantitative estimate of drug-likeness (QED) is 0.753. The molecule has 1 aromatic rings. The molecule has 2 nitrogen and oxygen atoms in total. The van der Waals surface area contributed by atoms with E-state index < -0.39 is 0 Å². The zero-order chi connectivity index (χ0) is 10.5. The number of hydrogen-bond acceptors (Lipinski definition) is 2. The van der Waals surface area contributed by atoms with Gasteiger partial charge in [-0.3, -0.25) is 0 Å². The Morgan fingerprint density at radius 3 is 2.87 bits per heavy atom. The Kier molecular flexibility index (Phi) is 3.41. The molecule has 1 aliphatic rings. The lowest BCUT2D eigenvalue weighted by Gasteiger charge is -2.25. The summed E-state index contributed by atoms with van der Waals surface area (Å²) in [5.74, 6) is 0.413. The Hall–Kier alpha value is -1.28. The third-order valence-corrected chi connectivity index (χ3v) is 2.57. The van der Waals surface area contributed by atoms with Crippen LogP contribution < -0.4 is 0 Å². The van der Waals surface area contributed by atoms with Crippen LogP contribution in [0.25, 0.3) is 0 Å². The lowest BCUT2D eigenvalue weighted by Crippen LogP contribution is -2.21. The maximum absolute atomic E-state index is 5.46. The minimum atomic E-state index is -0.0924. The molecule has 0 amide bonds. The standard InChI is InChI=1S/C13H16O2/c1-2-14-13-10-12(8-9-15-13)11-6-4-3-5-7-11/h3-9,12-13H,2,10H2,1H3/t12-,13+/m1/s1. The van der Waals surface area contributed by atoms with Gasteiger partial charge in [0, 0.05) is 18.9 Å². The van der Waals surface area contributed by atoms with Crippen molar-refractivity contribution < 1.29 is 9.47 Å². The first kappa shape index (κ1) is 10.2. The number of ether oxygens (including phenoxy) is 2. The van der Waals surface area contributed by atoms with Gasteiger partial charge >= 0.3 is 0 Å². The number of hydrogen-bond donors (Lipinski definition) is 0. The molecule has 2 rings (SSSR count). The Balaban J connectivity index is 2.05. The van der Waals surface area contributed by atoms with Gasteiger partial charge < -0.3 is 9.47 Å². The second-order valence-corrected chi connectivity index (χ2v) is 3.60. The summed E-state index contributed by atoms with van der Waals surface area (Å²) < 4.78 is 10.8. The fraction of sp³-hybridized carbons (Fsp3) is 0.385. The molecule has 2 atom stereocenters. The minimum Gasteiger partial charge on any atom is -0.473 e. The van der Waals surface area contributed by atoms with Crippen molar-refractivity contribution >= 4 is 0 Å². The minimum absolute atomic E-state index is 0.0924. The van der Waals surface area contributed by atoms with Gasteiger partial charge in [0.1, 0.15) is 0 Å². The van der Waals surface area contributed by atoms with Crippen LogP contribution in [0.15, 0.2) is 42.7 Å². The summed E-state index contributed by atoms with van der Waals surface area (Å²) >= 11 is 0. The summed E-state index contributed by atoms with van der Waals surface area (Å²) in [4.78, 5) is 0. The van der Waals surface area contributed by atoms with Crippen molar-refractivity contribution in [3.05, 3.63) is 48.2 Å². The summed E-state index contributed by atoms with van der Waals surface area (Å²) in [6.45, 7) is 2.68. The van der Waals surface area contributed by atoms with E-state index in [0.717, 1.165) is 6.42 Å². The average molecular weight is 204 g/mol. The summed E-state index contributed by atoms with van der Waals surface area (Å²) in [5.41, 5.74) is 1.32. The van der Waals surface area contributed by atoms with Crippen LogP contribution in [0.5, 0.6) is 0 Å². The van der Waals surface area contributed by atoms with Gasteiger partial charge in [0.2, 0.25) is 0 Å². The summed E-state index contributed by atoms with van der Waals surface area (Å²) in [6, 6.07) is 10.4. The normalized spacial score (nSPS) is 24.9. The lowest BCUT2D eigenvalue weighted by molar-refractivity contribution is -0.114. The van der Waals surface area contributed by atoms with E-state index in [9.17, 15) is 0 Å². The first-order valence-electron chi connectivity index (χ1n) is 5.39. The second-order valence-electron chi connectivity index (χ2n) is 3.60. The van der Waals surface area contributed by atoms with Gasteiger partial charge in [0.25, 0.3) is 0 Å². The van der Waals surface area contributed by atoms with Gasteiger partial charge in [-0.05, 0) is 18.6 Å². The molecule has 0 fully saturated rings. The van der Waals surface area contributed by atoms with E-state index in [1.807, 2.05) is 13.0 Å². The van der Waals surface area contributed by atoms with Crippen LogP contribution in [-0.4, -0.2) is 12.9 Å². The van der Waals surface area contributed by atoms with E-state index in [2.05, 4.69) is 30.3 Å². The van der Waals surface area contributed by atoms with Crippen LogP contribution in [-0.2, 0) is 9.47 Å². The molecule has 0 radical (unpaired) electrons. The highest BCUT2D eigenvalue weighted by Crippen LogP contribution is 2.27. The Bertz CT molecular complexity index is 319. The maximum atomic E-state index is 5.46. The molecule has 0 aromatic heterocycles. The number of benzene rings is 1. The monoisotopic (exact) mass is 204 g/mol. The molecule has 1 heterocycles. The van der Waals surface area contributed by atoms with E-state index >= 15 is 0 Å². The smallest absolute Gasteiger partial charge is 0.199 e. The van der Waals surface area contributed by atoms with Crippen molar-refractivity contribution in [2.75, 3.05) is 6.61 Å². The molecule has 0 saturated heterocycles. The topological polar surface area (TPSA) is 18.5 Å². The van der Waals surface area contributed by atoms with Gasteiger partial charge in [0.15, 0.2) is 6.29 Å². The fourth-order valence-electron chi connectivity index (χ4n) is 1.81. The van der Waals surface area contributed by atoms with Crippen LogP contribution in [0.3, 0.4) is 0 Å². The molecule has 2 heteroatoms. The SMILES string of the molecule is CCO[C@@H]1C[C@H](c2ccccc2)C=CO1. The van der Waals surface area contributed by atoms with Crippen LogP contribution in [0, 0.1) is 0 Å². The van der Waals surface area contributed by atoms with Crippen molar-refractivity contribution in [2.24, 2.45) is 0 Å². The van der Waals surface area contributed by atoms with E-state index in [1.165, 1.54) is 5.56 Å². The highest BCUT2D eigenvalue weighted by atomic mass is 16.7. The third kappa shape index (κ3) is 2.60. The highest BCUT2D eigenvalue weighted by molar-refractivity contribution is 5.24. The summed E-state index contributed by atoms with van der Waals surface area (Å²) in [5, 5.41) is 0. The lowest BCUT2D eigenvalue weighted by atomic mass is 9.94. The molecule has 0 unspecified atom stereocenters. The molecule has 0 saturated carbocycles. The molecule has 15 heavy (non-hydrogen) atoms. The first-order chi connectivity index (χ1) is 7.40. The highest BCUT2D eigenvalue weighted by Gasteiger charge is 2.20. The van der Waals surface area contributed by atoms with Gasteiger partial charge in [-0.2, -0.15) is 0 Å². The molecule has 0 spiro atoms. The average Bonchev–Trinajstić information content (AvgIpc) is 2.31. The largest absolute Gasteiger partial charge is 0.473 e. The van der Waals surface area contributed by atoms with Gasteiger partial charge in [-0.1, -0.05) is 30.3 Å². The van der Waals surface area contributed by atoms with Crippen molar-refractivity contribution in [3.63, 3.8) is 0 Å². The van der Waals surface area contributed by atoms with E-state index in [-0.39, 0.29) is 6.29 Å². The van der Waals surface area contributed by atoms with Crippen molar-refractivity contribution in [3.8, 4) is 0 Å². The Morgan fingerprint density at radius 2 is 2.13 bits per heavy atom. The van der Waals surface area contributed by atoms with Crippen LogP contribution >= 0.6 is 0 Å². The van der Waals surface area contributed by atoms with Crippen LogP contribution in [0.2, 0.25) is 0 Å². The summed E-state index contributed by atoms with van der Waals surface area (Å²) in [6.07, 6.45) is 4.64. The molecule has 1 aromatic carbocycles. The van der Waals surface area contributed by atoms with Gasteiger partial charge in [-0.25, -0.2) is 0 Å². The van der Waals surface area contributed by atoms with E-state index in [0.29, 0.717) is 12.5 Å². The van der Waals surface area contributed by atoms with Crippen molar-refractivity contribution in [2.45, 2.75) is 25.6 Å². The molecule has 80 valence electrons. The van der Waals surface area contributed by atoms with Crippen molar-refractivity contribution in [1.29, 1.82) is 0 Å². The van der Waals surface area contributed by atoms with Crippen LogP contribution in [0.1, 0.15) is 24.8 Å². The third-order valence-electron chi connectivity index (χ3n) is 2.57. The summed E-state index contributed by atoms with van der Waals surface area (Å²) in [7, 11) is 0. The number of rotatable bonds is 3. The molecule has 0 aliphatic carbocycles. The van der Waals surface area contributed by atoms with Gasteiger partial charge in [0.05, 0.1) is 6.26 Å². The fourth-order valence-corrected chi connectivity index (χ4v) is 1.81. The van der Waals surface area contributed by atoms with Crippen molar-refractivity contribution in [1.82, 2.24) is 0 Å². The number of allylic oxidation sites excluding steroid dienone is 1. The zero-order valence-electron chi connectivity index (χ0n) is 8.93. The van der Waals surface area contributed by atoms with E-state index in [4.69, 9.17) is 9.47 Å². The Labute approximate surface area is 90.5 Å². The predicted octanol–water partition coefficient (Wildman–Crippen LogP) is 3.07. The molecule has 0 N–H and O–H groups in total. The van der Waals surface area contributed by atoms with Gasteiger partial charge in [-0.15, -0.1) is 0 Å². The second kappa shape index (κ2) is 4.99. The Morgan fingerprint density at radius 1 is 1.33 bits per heavy atom. The zero-order valence-corrected chi connectivity index (χ0v) is 8.93. The molecular formula is C13H16O2.